The molecular weight excluding hydrogens is 390 g/mol. The summed E-state index contributed by atoms with van der Waals surface area (Å²) in [7, 11) is 0. The van der Waals surface area contributed by atoms with Crippen molar-refractivity contribution in [2.45, 2.75) is 33.4 Å². The first kappa shape index (κ1) is 21.8. The number of hydrogen-bond donors (Lipinski definition) is 3. The fourth-order valence-corrected chi connectivity index (χ4v) is 3.05. The van der Waals surface area contributed by atoms with Crippen molar-refractivity contribution < 1.29 is 4.79 Å². The fraction of sp³-hybridized carbons (Fsp3) is 0.304. The van der Waals surface area contributed by atoms with Gasteiger partial charge in [-0.25, -0.2) is 4.85 Å². The lowest BCUT2D eigenvalue weighted by atomic mass is 10.0. The summed E-state index contributed by atoms with van der Waals surface area (Å²) in [4.78, 5) is 25.4. The van der Waals surface area contributed by atoms with E-state index in [4.69, 9.17) is 6.57 Å². The summed E-state index contributed by atoms with van der Waals surface area (Å²) in [6.45, 7) is 14.1. The van der Waals surface area contributed by atoms with Gasteiger partial charge in [0.25, 0.3) is 0 Å². The van der Waals surface area contributed by atoms with Gasteiger partial charge < -0.3 is 20.5 Å². The smallest absolute Gasteiger partial charge is 0.243 e. The van der Waals surface area contributed by atoms with Crippen LogP contribution in [0.15, 0.2) is 54.9 Å². The second-order valence-electron chi connectivity index (χ2n) is 7.42. The predicted molar refractivity (Wildman–Crippen MR) is 122 cm³/mol. The number of rotatable bonds is 9. The number of benzene rings is 1. The van der Waals surface area contributed by atoms with Crippen LogP contribution in [0.3, 0.4) is 0 Å². The van der Waals surface area contributed by atoms with E-state index in [0.717, 1.165) is 5.56 Å². The molecule has 0 saturated carbocycles. The molecule has 2 heterocycles. The zero-order valence-electron chi connectivity index (χ0n) is 18.0. The van der Waals surface area contributed by atoms with Gasteiger partial charge in [0.05, 0.1) is 6.57 Å². The summed E-state index contributed by atoms with van der Waals surface area (Å²) in [5.41, 5.74) is 1.52. The lowest BCUT2D eigenvalue weighted by molar-refractivity contribution is -0.122. The molecule has 1 aromatic carbocycles. The van der Waals surface area contributed by atoms with Crippen molar-refractivity contribution in [2.24, 2.45) is 5.92 Å². The monoisotopic (exact) mass is 417 g/mol. The van der Waals surface area contributed by atoms with Crippen LogP contribution >= 0.6 is 0 Å². The molecular formula is C23H27N7O. The Hall–Kier alpha value is -3.86. The van der Waals surface area contributed by atoms with E-state index in [2.05, 4.69) is 30.8 Å². The lowest BCUT2D eigenvalue weighted by Crippen LogP contribution is -2.43. The van der Waals surface area contributed by atoms with Crippen LogP contribution in [0.1, 0.15) is 26.3 Å². The van der Waals surface area contributed by atoms with Gasteiger partial charge in [0.2, 0.25) is 11.9 Å². The van der Waals surface area contributed by atoms with Crippen molar-refractivity contribution in [3.8, 4) is 5.82 Å². The Kier molecular flexibility index (Phi) is 7.22. The molecule has 8 nitrogen and oxygen atoms in total. The molecule has 0 aliphatic rings. The fourth-order valence-electron chi connectivity index (χ4n) is 3.05. The van der Waals surface area contributed by atoms with E-state index >= 15 is 0 Å². The van der Waals surface area contributed by atoms with Crippen LogP contribution in [0.25, 0.3) is 10.7 Å². The van der Waals surface area contributed by atoms with Gasteiger partial charge in [-0.1, -0.05) is 38.1 Å². The van der Waals surface area contributed by atoms with E-state index in [-0.39, 0.29) is 11.8 Å². The highest BCUT2D eigenvalue weighted by Gasteiger charge is 2.23. The second kappa shape index (κ2) is 10.3. The average molecular weight is 418 g/mol. The Balaban J connectivity index is 1.75. The maximum absolute atomic E-state index is 12.9. The van der Waals surface area contributed by atoms with Crippen molar-refractivity contribution in [3.05, 3.63) is 71.8 Å². The van der Waals surface area contributed by atoms with Gasteiger partial charge in [-0.15, -0.1) is 0 Å². The first-order valence-corrected chi connectivity index (χ1v) is 10.3. The second-order valence-corrected chi connectivity index (χ2v) is 7.42. The van der Waals surface area contributed by atoms with Crippen molar-refractivity contribution in [1.29, 1.82) is 0 Å². The van der Waals surface area contributed by atoms with E-state index < -0.39 is 6.04 Å². The Labute approximate surface area is 182 Å². The van der Waals surface area contributed by atoms with Crippen molar-refractivity contribution >= 4 is 23.4 Å². The first-order valence-electron chi connectivity index (χ1n) is 10.3. The van der Waals surface area contributed by atoms with Crippen LogP contribution in [0.4, 0.5) is 17.5 Å². The quantitative estimate of drug-likeness (QED) is 0.458. The van der Waals surface area contributed by atoms with Crippen molar-refractivity contribution in [2.75, 3.05) is 17.2 Å². The van der Waals surface area contributed by atoms with E-state index in [1.54, 1.807) is 12.1 Å². The third kappa shape index (κ3) is 5.82. The number of hydrogen-bond acceptors (Lipinski definition) is 5. The molecule has 0 aliphatic carbocycles. The van der Waals surface area contributed by atoms with E-state index in [0.29, 0.717) is 36.4 Å². The molecule has 1 atom stereocenters. The SMILES string of the molecule is [C-]#[N+]c1ccc(CNC(=O)[C@H](Nc2cc(-n3cccc3)nc(NCC)n2)C(C)C)cc1. The standard InChI is InChI=1S/C23H27N7O/c1-5-25-23-28-19(14-20(29-23)30-12-6-7-13-30)27-21(16(2)3)22(31)26-15-17-8-10-18(24-4)11-9-17/h6-14,16,21H,5,15H2,1-3H3,(H,26,31)(H2,25,27,28,29)/t21-/m1/s1. The minimum absolute atomic E-state index is 0.0390. The van der Waals surface area contributed by atoms with Gasteiger partial charge in [-0.2, -0.15) is 9.97 Å². The largest absolute Gasteiger partial charge is 0.358 e. The highest BCUT2D eigenvalue weighted by molar-refractivity contribution is 5.84. The Morgan fingerprint density at radius 2 is 1.87 bits per heavy atom. The molecule has 1 amide bonds. The van der Waals surface area contributed by atoms with Gasteiger partial charge in [-0.05, 0) is 30.5 Å². The van der Waals surface area contributed by atoms with Gasteiger partial charge >= 0.3 is 0 Å². The maximum Gasteiger partial charge on any atom is 0.243 e. The van der Waals surface area contributed by atoms with Crippen LogP contribution in [-0.2, 0) is 11.3 Å². The summed E-state index contributed by atoms with van der Waals surface area (Å²) < 4.78 is 1.89. The molecule has 2 aromatic heterocycles. The third-order valence-corrected chi connectivity index (χ3v) is 4.70. The van der Waals surface area contributed by atoms with Crippen molar-refractivity contribution in [1.82, 2.24) is 19.9 Å². The highest BCUT2D eigenvalue weighted by atomic mass is 16.2. The first-order chi connectivity index (χ1) is 15.0. The van der Waals surface area contributed by atoms with Crippen LogP contribution in [-0.4, -0.2) is 33.0 Å². The Morgan fingerprint density at radius 3 is 2.48 bits per heavy atom. The average Bonchev–Trinajstić information content (AvgIpc) is 3.31. The summed E-state index contributed by atoms with van der Waals surface area (Å²) in [6.07, 6.45) is 3.82. The summed E-state index contributed by atoms with van der Waals surface area (Å²) in [5.74, 6) is 1.71. The Morgan fingerprint density at radius 1 is 1.16 bits per heavy atom. The molecule has 0 unspecified atom stereocenters. The number of anilines is 2. The topological polar surface area (TPSA) is 88.2 Å². The number of carbonyl (C=O) groups excluding carboxylic acids is 1. The molecule has 8 heteroatoms. The third-order valence-electron chi connectivity index (χ3n) is 4.70. The van der Waals surface area contributed by atoms with Gasteiger partial charge in [0.1, 0.15) is 17.7 Å². The van der Waals surface area contributed by atoms with Crippen LogP contribution in [0, 0.1) is 12.5 Å². The van der Waals surface area contributed by atoms with Gasteiger partial charge in [0, 0.05) is 31.5 Å². The molecule has 0 bridgehead atoms. The lowest BCUT2D eigenvalue weighted by Gasteiger charge is -2.23. The molecule has 3 N–H and O–H groups in total. The van der Waals surface area contributed by atoms with Crippen LogP contribution in [0.5, 0.6) is 0 Å². The summed E-state index contributed by atoms with van der Waals surface area (Å²) in [5, 5.41) is 9.40. The number of carbonyl (C=O) groups is 1. The van der Waals surface area contributed by atoms with E-state index in [9.17, 15) is 4.79 Å². The number of nitrogens with zero attached hydrogens (tertiary/aromatic N) is 4. The molecule has 0 saturated heterocycles. The molecule has 160 valence electrons. The zero-order valence-corrected chi connectivity index (χ0v) is 18.0. The molecule has 0 spiro atoms. The molecule has 0 fully saturated rings. The van der Waals surface area contributed by atoms with E-state index in [1.165, 1.54) is 0 Å². The normalized spacial score (nSPS) is 11.6. The number of aromatic nitrogens is 3. The molecule has 0 aliphatic heterocycles. The molecule has 3 aromatic rings. The molecule has 0 radical (unpaired) electrons. The minimum atomic E-state index is -0.468. The van der Waals surface area contributed by atoms with E-state index in [1.807, 2.05) is 68.1 Å². The summed E-state index contributed by atoms with van der Waals surface area (Å²) in [6, 6.07) is 12.4. The molecule has 31 heavy (non-hydrogen) atoms. The van der Waals surface area contributed by atoms with Gasteiger partial charge in [-0.3, -0.25) is 4.79 Å². The minimum Gasteiger partial charge on any atom is -0.358 e. The maximum atomic E-state index is 12.9. The van der Waals surface area contributed by atoms with Crippen LogP contribution in [0.2, 0.25) is 0 Å². The zero-order chi connectivity index (χ0) is 22.2. The highest BCUT2D eigenvalue weighted by Crippen LogP contribution is 2.18. The van der Waals surface area contributed by atoms with Gasteiger partial charge in [0.15, 0.2) is 5.69 Å². The molecule has 3 rings (SSSR count). The predicted octanol–water partition coefficient (Wildman–Crippen LogP) is 4.00. The number of nitrogens with one attached hydrogen (secondary N) is 3. The van der Waals surface area contributed by atoms with Crippen molar-refractivity contribution in [3.63, 3.8) is 0 Å². The summed E-state index contributed by atoms with van der Waals surface area (Å²) >= 11 is 0. The number of amides is 1. The Bertz CT molecular complexity index is 1040. The van der Waals surface area contributed by atoms with Crippen LogP contribution < -0.4 is 16.0 Å².